The fourth-order valence-electron chi connectivity index (χ4n) is 2.43. The topological polar surface area (TPSA) is 103 Å². The number of rotatable bonds is 3. The van der Waals surface area contributed by atoms with Gasteiger partial charge in [0.05, 0.1) is 22.2 Å². The number of amidine groups is 1. The zero-order valence-corrected chi connectivity index (χ0v) is 17.7. The third-order valence-corrected chi connectivity index (χ3v) is 4.34. The molecule has 3 heterocycles. The second-order valence-electron chi connectivity index (χ2n) is 7.54. The van der Waals surface area contributed by atoms with Gasteiger partial charge in [-0.25, -0.2) is 9.78 Å². The van der Waals surface area contributed by atoms with Gasteiger partial charge in [-0.3, -0.25) is 15.1 Å². The second kappa shape index (κ2) is 8.20. The van der Waals surface area contributed by atoms with Gasteiger partial charge in [0.15, 0.2) is 5.17 Å². The number of aromatic nitrogens is 2. The molecule has 2 aromatic heterocycles. The Balaban J connectivity index is 1.79. The highest BCUT2D eigenvalue weighted by molar-refractivity contribution is 8.18. The average molecular weight is 414 g/mol. The maximum absolute atomic E-state index is 12.2. The van der Waals surface area contributed by atoms with Crippen molar-refractivity contribution in [1.82, 2.24) is 15.3 Å². The van der Waals surface area contributed by atoms with Crippen LogP contribution in [0.15, 0.2) is 34.3 Å². The highest BCUT2D eigenvalue weighted by Gasteiger charge is 2.25. The number of aliphatic imine (C=N–C) groups is 1. The summed E-state index contributed by atoms with van der Waals surface area (Å²) in [6, 6.07) is 5.33. The lowest BCUT2D eigenvalue weighted by molar-refractivity contribution is -0.113. The summed E-state index contributed by atoms with van der Waals surface area (Å²) < 4.78 is 11.0. The van der Waals surface area contributed by atoms with Crippen molar-refractivity contribution in [2.45, 2.75) is 46.3 Å². The van der Waals surface area contributed by atoms with Gasteiger partial charge in [-0.15, -0.1) is 0 Å². The molecule has 9 heteroatoms. The van der Waals surface area contributed by atoms with Crippen molar-refractivity contribution in [3.05, 3.63) is 35.0 Å². The van der Waals surface area contributed by atoms with E-state index >= 15 is 0 Å². The minimum absolute atomic E-state index is 0.00809. The molecule has 0 aliphatic carbocycles. The number of nitrogens with zero attached hydrogens (tertiary/aromatic N) is 3. The fourth-order valence-corrected chi connectivity index (χ4v) is 3.22. The molecule has 0 saturated heterocycles. The van der Waals surface area contributed by atoms with E-state index in [1.165, 1.54) is 0 Å². The molecule has 0 atom stereocenters. The Labute approximate surface area is 172 Å². The molecule has 0 bridgehead atoms. The molecule has 1 N–H and O–H groups in total. The lowest BCUT2D eigenvalue weighted by Gasteiger charge is -2.19. The molecule has 29 heavy (non-hydrogen) atoms. The Morgan fingerprint density at radius 2 is 2.00 bits per heavy atom. The number of fused-ring (bicyclic) bond motifs is 1. The minimum Gasteiger partial charge on any atom is -0.489 e. The van der Waals surface area contributed by atoms with Gasteiger partial charge in [-0.1, -0.05) is 0 Å². The van der Waals surface area contributed by atoms with Gasteiger partial charge < -0.3 is 9.47 Å². The van der Waals surface area contributed by atoms with E-state index in [1.54, 1.807) is 45.2 Å². The van der Waals surface area contributed by atoms with E-state index in [0.717, 1.165) is 11.8 Å². The van der Waals surface area contributed by atoms with E-state index in [-0.39, 0.29) is 11.3 Å². The second-order valence-corrected chi connectivity index (χ2v) is 8.57. The lowest BCUT2D eigenvalue weighted by atomic mass is 10.2. The van der Waals surface area contributed by atoms with Crippen molar-refractivity contribution in [1.29, 1.82) is 0 Å². The van der Waals surface area contributed by atoms with Crippen LogP contribution in [0.2, 0.25) is 0 Å². The van der Waals surface area contributed by atoms with Gasteiger partial charge in [0, 0.05) is 12.3 Å². The molecule has 1 aliphatic rings. The maximum atomic E-state index is 12.2. The van der Waals surface area contributed by atoms with Gasteiger partial charge in [0.1, 0.15) is 16.9 Å². The molecule has 0 aromatic carbocycles. The third-order valence-electron chi connectivity index (χ3n) is 3.44. The third kappa shape index (κ3) is 5.54. The molecular formula is C20H22N4O4S. The standard InChI is InChI=1S/C20H22N4O4S/c1-11(2)27-14-8-9-21-13-7-6-12(22-16(13)14)10-15-17(25)23-18(29-15)24-19(26)28-20(3,4)5/h6-11H,1-5H3,(H,23,24,25,26). The molecule has 0 spiro atoms. The van der Waals surface area contributed by atoms with Crippen LogP contribution in [0.1, 0.15) is 40.3 Å². The van der Waals surface area contributed by atoms with Crippen LogP contribution in [0.4, 0.5) is 4.79 Å². The molecule has 2 amide bonds. The fraction of sp³-hybridized carbons (Fsp3) is 0.350. The van der Waals surface area contributed by atoms with Gasteiger partial charge in [0.25, 0.3) is 5.91 Å². The quantitative estimate of drug-likeness (QED) is 0.760. The molecule has 3 rings (SSSR count). The Bertz CT molecular complexity index is 1020. The largest absolute Gasteiger partial charge is 0.489 e. The summed E-state index contributed by atoms with van der Waals surface area (Å²) >= 11 is 1.05. The summed E-state index contributed by atoms with van der Waals surface area (Å²) in [5, 5.41) is 2.65. The highest BCUT2D eigenvalue weighted by Crippen LogP contribution is 2.29. The number of thioether (sulfide) groups is 1. The Morgan fingerprint density at radius 3 is 2.69 bits per heavy atom. The molecule has 8 nitrogen and oxygen atoms in total. The van der Waals surface area contributed by atoms with Crippen molar-refractivity contribution in [3.8, 4) is 5.75 Å². The van der Waals surface area contributed by atoms with E-state index in [1.807, 2.05) is 19.9 Å². The Kier molecular flexibility index (Phi) is 5.88. The van der Waals surface area contributed by atoms with E-state index in [2.05, 4.69) is 20.3 Å². The number of ether oxygens (including phenoxy) is 2. The van der Waals surface area contributed by atoms with E-state index in [0.29, 0.717) is 27.4 Å². The van der Waals surface area contributed by atoms with Crippen LogP contribution >= 0.6 is 11.8 Å². The van der Waals surface area contributed by atoms with Crippen molar-refractivity contribution in [3.63, 3.8) is 0 Å². The van der Waals surface area contributed by atoms with E-state index in [4.69, 9.17) is 9.47 Å². The SMILES string of the molecule is CC(C)Oc1ccnc2ccc(C=C3SC(NC(=O)OC(C)(C)C)=NC3=O)nc12. The number of carbonyl (C=O) groups is 2. The van der Waals surface area contributed by atoms with E-state index < -0.39 is 17.6 Å². The van der Waals surface area contributed by atoms with Crippen LogP contribution in [0, 0.1) is 0 Å². The van der Waals surface area contributed by atoms with Crippen LogP contribution in [-0.4, -0.2) is 38.8 Å². The molecular weight excluding hydrogens is 392 g/mol. The van der Waals surface area contributed by atoms with Gasteiger partial charge in [-0.05, 0) is 64.6 Å². The smallest absolute Gasteiger partial charge is 0.413 e. The Hall–Kier alpha value is -2.94. The number of carbonyl (C=O) groups excluding carboxylic acids is 2. The summed E-state index contributed by atoms with van der Waals surface area (Å²) in [5.74, 6) is 0.173. The number of alkyl carbamates (subject to hydrolysis) is 1. The van der Waals surface area contributed by atoms with Crippen LogP contribution < -0.4 is 10.1 Å². The summed E-state index contributed by atoms with van der Waals surface area (Å²) in [5.41, 5.74) is 1.22. The van der Waals surface area contributed by atoms with Crippen molar-refractivity contribution in [2.75, 3.05) is 0 Å². The molecule has 0 unspecified atom stereocenters. The summed E-state index contributed by atoms with van der Waals surface area (Å²) in [6.45, 7) is 9.13. The normalized spacial score (nSPS) is 15.7. The first kappa shape index (κ1) is 20.8. The number of hydrogen-bond donors (Lipinski definition) is 1. The van der Waals surface area contributed by atoms with Crippen LogP contribution in [0.25, 0.3) is 17.1 Å². The maximum Gasteiger partial charge on any atom is 0.413 e. The number of amides is 2. The van der Waals surface area contributed by atoms with Crippen molar-refractivity contribution >= 4 is 46.0 Å². The lowest BCUT2D eigenvalue weighted by Crippen LogP contribution is -2.34. The van der Waals surface area contributed by atoms with Gasteiger partial charge >= 0.3 is 6.09 Å². The summed E-state index contributed by atoms with van der Waals surface area (Å²) in [7, 11) is 0. The Morgan fingerprint density at radius 1 is 1.24 bits per heavy atom. The predicted octanol–water partition coefficient (Wildman–Crippen LogP) is 3.91. The summed E-state index contributed by atoms with van der Waals surface area (Å²) in [4.78, 5) is 37.1. The molecule has 0 saturated carbocycles. The van der Waals surface area contributed by atoms with Gasteiger partial charge in [-0.2, -0.15) is 4.99 Å². The monoisotopic (exact) mass is 414 g/mol. The zero-order valence-electron chi connectivity index (χ0n) is 16.8. The molecule has 1 aliphatic heterocycles. The summed E-state index contributed by atoms with van der Waals surface area (Å²) in [6.07, 6.45) is 2.61. The first-order valence-corrected chi connectivity index (χ1v) is 9.87. The predicted molar refractivity (Wildman–Crippen MR) is 113 cm³/mol. The highest BCUT2D eigenvalue weighted by atomic mass is 32.2. The minimum atomic E-state index is -0.664. The first-order chi connectivity index (χ1) is 13.6. The van der Waals surface area contributed by atoms with Gasteiger partial charge in [0.2, 0.25) is 0 Å². The number of pyridine rings is 2. The van der Waals surface area contributed by atoms with Crippen molar-refractivity contribution < 1.29 is 19.1 Å². The number of nitrogens with one attached hydrogen (secondary N) is 1. The molecule has 152 valence electrons. The molecule has 0 fully saturated rings. The first-order valence-electron chi connectivity index (χ1n) is 9.06. The van der Waals surface area contributed by atoms with Crippen LogP contribution in [-0.2, 0) is 9.53 Å². The molecule has 2 aromatic rings. The van der Waals surface area contributed by atoms with Crippen molar-refractivity contribution in [2.24, 2.45) is 4.99 Å². The number of hydrogen-bond acceptors (Lipinski definition) is 7. The zero-order chi connectivity index (χ0) is 21.2. The molecule has 0 radical (unpaired) electrons. The average Bonchev–Trinajstić information content (AvgIpc) is 2.92. The van der Waals surface area contributed by atoms with Crippen LogP contribution in [0.3, 0.4) is 0 Å². The van der Waals surface area contributed by atoms with Crippen LogP contribution in [0.5, 0.6) is 5.75 Å². The van der Waals surface area contributed by atoms with E-state index in [9.17, 15) is 9.59 Å².